The largest absolute Gasteiger partial charge is 0.461 e. The molecule has 0 spiro atoms. The molecule has 0 saturated heterocycles. The first-order valence-electron chi connectivity index (χ1n) is 18.2. The lowest BCUT2D eigenvalue weighted by atomic mass is 9.85. The molecular formula is C51H32OS. The minimum absolute atomic E-state index is 0.908. The number of hydrogen-bond donors (Lipinski definition) is 0. The van der Waals surface area contributed by atoms with Gasteiger partial charge in [-0.25, -0.2) is 0 Å². The molecule has 1 nitrogen and oxygen atoms in total. The van der Waals surface area contributed by atoms with Gasteiger partial charge in [-0.3, -0.25) is 0 Å². The van der Waals surface area contributed by atoms with E-state index in [9.17, 15) is 0 Å². The van der Waals surface area contributed by atoms with Crippen LogP contribution in [0.2, 0.25) is 0 Å². The zero-order chi connectivity index (χ0) is 35.0. The van der Waals surface area contributed by atoms with Crippen molar-refractivity contribution in [3.63, 3.8) is 0 Å². The molecule has 9 aromatic carbocycles. The molecule has 0 radical (unpaired) electrons. The van der Waals surface area contributed by atoms with E-state index in [-0.39, 0.29) is 0 Å². The zero-order valence-electron chi connectivity index (χ0n) is 29.1. The van der Waals surface area contributed by atoms with Crippen molar-refractivity contribution >= 4 is 74.6 Å². The topological polar surface area (TPSA) is 13.1 Å². The van der Waals surface area contributed by atoms with Crippen LogP contribution in [-0.4, -0.2) is 0 Å². The predicted octanol–water partition coefficient (Wildman–Crippen LogP) is 15.2. The van der Waals surface area contributed by atoms with E-state index in [1.807, 2.05) is 18.3 Å². The van der Waals surface area contributed by atoms with Crippen molar-refractivity contribution in [2.24, 2.45) is 0 Å². The Kier molecular flexibility index (Phi) is 6.71. The highest BCUT2D eigenvalue weighted by Gasteiger charge is 2.21. The standard InChI is InChI=1S/C51H32OS/c1-31-26-29-45(52-31)50-41-22-11-7-18-37(41)48(38-19-8-12-23-42(38)50)33-27-28-34-43-24-13-25-44(51(43)53-46(34)30-33)49-39-20-9-5-16-35(39)47(32-14-3-2-4-15-32)36-17-6-10-21-40(36)49/h2-30H,1H3. The van der Waals surface area contributed by atoms with Crippen molar-refractivity contribution in [3.05, 3.63) is 182 Å². The molecule has 248 valence electrons. The van der Waals surface area contributed by atoms with Gasteiger partial charge in [-0.05, 0) is 96.0 Å². The van der Waals surface area contributed by atoms with Crippen molar-refractivity contribution in [1.29, 1.82) is 0 Å². The molecule has 0 saturated carbocycles. The summed E-state index contributed by atoms with van der Waals surface area (Å²) < 4.78 is 8.86. The van der Waals surface area contributed by atoms with Crippen molar-refractivity contribution in [2.45, 2.75) is 6.92 Å². The fraction of sp³-hybridized carbons (Fsp3) is 0.0196. The van der Waals surface area contributed by atoms with Gasteiger partial charge in [0.15, 0.2) is 0 Å². The van der Waals surface area contributed by atoms with E-state index in [4.69, 9.17) is 4.42 Å². The van der Waals surface area contributed by atoms with E-state index in [0.717, 1.165) is 17.1 Å². The predicted molar refractivity (Wildman–Crippen MR) is 228 cm³/mol. The van der Waals surface area contributed by atoms with Gasteiger partial charge in [0, 0.05) is 31.3 Å². The Labute approximate surface area is 311 Å². The first kappa shape index (κ1) is 30.2. The molecule has 0 aliphatic heterocycles. The molecule has 11 rings (SSSR count). The lowest BCUT2D eigenvalue weighted by molar-refractivity contribution is 0.549. The van der Waals surface area contributed by atoms with Gasteiger partial charge in [-0.15, -0.1) is 11.3 Å². The molecule has 0 unspecified atom stereocenters. The summed E-state index contributed by atoms with van der Waals surface area (Å²) >= 11 is 1.91. The minimum Gasteiger partial charge on any atom is -0.461 e. The third-order valence-corrected chi connectivity index (χ3v) is 12.2. The van der Waals surface area contributed by atoms with Gasteiger partial charge in [0.2, 0.25) is 0 Å². The van der Waals surface area contributed by atoms with Crippen LogP contribution in [0.5, 0.6) is 0 Å². The van der Waals surface area contributed by atoms with Crippen LogP contribution in [0.1, 0.15) is 5.76 Å². The normalized spacial score (nSPS) is 11.9. The van der Waals surface area contributed by atoms with Crippen molar-refractivity contribution < 1.29 is 4.42 Å². The van der Waals surface area contributed by atoms with E-state index >= 15 is 0 Å². The van der Waals surface area contributed by atoms with Gasteiger partial charge in [0.05, 0.1) is 0 Å². The summed E-state index contributed by atoms with van der Waals surface area (Å²) in [6, 6.07) is 64.4. The number of furan rings is 1. The summed E-state index contributed by atoms with van der Waals surface area (Å²) in [7, 11) is 0. The Morgan fingerprint density at radius 3 is 1.40 bits per heavy atom. The molecule has 53 heavy (non-hydrogen) atoms. The maximum absolute atomic E-state index is 6.25. The van der Waals surface area contributed by atoms with Crippen LogP contribution >= 0.6 is 11.3 Å². The summed E-state index contributed by atoms with van der Waals surface area (Å²) in [5.74, 6) is 1.82. The molecule has 0 N–H and O–H groups in total. The van der Waals surface area contributed by atoms with Crippen molar-refractivity contribution in [2.75, 3.05) is 0 Å². The van der Waals surface area contributed by atoms with Crippen LogP contribution < -0.4 is 0 Å². The molecule has 0 fully saturated rings. The number of rotatable bonds is 4. The van der Waals surface area contributed by atoms with Crippen LogP contribution in [0.3, 0.4) is 0 Å². The number of fused-ring (bicyclic) bond motifs is 7. The molecule has 2 heterocycles. The Hall–Kier alpha value is -6.48. The van der Waals surface area contributed by atoms with E-state index < -0.39 is 0 Å². The first-order chi connectivity index (χ1) is 26.2. The number of hydrogen-bond acceptors (Lipinski definition) is 2. The number of thiophene rings is 1. The Morgan fingerprint density at radius 2 is 0.849 bits per heavy atom. The summed E-state index contributed by atoms with van der Waals surface area (Å²) in [5.41, 5.74) is 8.76. The second kappa shape index (κ2) is 11.8. The smallest absolute Gasteiger partial charge is 0.135 e. The lowest BCUT2D eigenvalue weighted by Gasteiger charge is -2.18. The summed E-state index contributed by atoms with van der Waals surface area (Å²) in [6.07, 6.45) is 0. The van der Waals surface area contributed by atoms with E-state index in [1.54, 1.807) is 0 Å². The molecular weight excluding hydrogens is 661 g/mol. The van der Waals surface area contributed by atoms with Crippen molar-refractivity contribution in [1.82, 2.24) is 0 Å². The van der Waals surface area contributed by atoms with E-state index in [2.05, 4.69) is 176 Å². The van der Waals surface area contributed by atoms with E-state index in [1.165, 1.54) is 96.6 Å². The van der Waals surface area contributed by atoms with Gasteiger partial charge in [0.25, 0.3) is 0 Å². The molecule has 0 atom stereocenters. The average molecular weight is 693 g/mol. The summed E-state index contributed by atoms with van der Waals surface area (Å²) in [4.78, 5) is 0. The van der Waals surface area contributed by atoms with Crippen molar-refractivity contribution in [3.8, 4) is 44.7 Å². The molecule has 0 aliphatic rings. The maximum atomic E-state index is 6.25. The Balaban J connectivity index is 1.17. The third kappa shape index (κ3) is 4.56. The summed E-state index contributed by atoms with van der Waals surface area (Å²) in [5, 5.41) is 12.6. The Morgan fingerprint density at radius 1 is 0.358 bits per heavy atom. The monoisotopic (exact) mass is 692 g/mol. The maximum Gasteiger partial charge on any atom is 0.135 e. The molecule has 0 bridgehead atoms. The molecule has 0 aliphatic carbocycles. The molecule has 0 amide bonds. The molecule has 11 aromatic rings. The fourth-order valence-electron chi connectivity index (χ4n) is 8.76. The second-order valence-electron chi connectivity index (χ2n) is 14.0. The van der Waals surface area contributed by atoms with Gasteiger partial charge < -0.3 is 4.42 Å². The fourth-order valence-corrected chi connectivity index (χ4v) is 10.0. The van der Waals surface area contributed by atoms with Crippen LogP contribution in [0.4, 0.5) is 0 Å². The van der Waals surface area contributed by atoms with Crippen LogP contribution in [0.25, 0.3) is 108 Å². The van der Waals surface area contributed by atoms with Crippen LogP contribution in [0, 0.1) is 6.92 Å². The Bertz CT molecular complexity index is 3120. The van der Waals surface area contributed by atoms with Crippen LogP contribution in [-0.2, 0) is 0 Å². The quantitative estimate of drug-likeness (QED) is 0.167. The van der Waals surface area contributed by atoms with Gasteiger partial charge in [-0.1, -0.05) is 158 Å². The average Bonchev–Trinajstić information content (AvgIpc) is 3.82. The highest BCUT2D eigenvalue weighted by Crippen LogP contribution is 2.49. The van der Waals surface area contributed by atoms with Gasteiger partial charge >= 0.3 is 0 Å². The van der Waals surface area contributed by atoms with Crippen LogP contribution in [0.15, 0.2) is 180 Å². The first-order valence-corrected chi connectivity index (χ1v) is 19.0. The molecule has 2 aromatic heterocycles. The summed E-state index contributed by atoms with van der Waals surface area (Å²) in [6.45, 7) is 2.01. The highest BCUT2D eigenvalue weighted by molar-refractivity contribution is 7.26. The number of benzene rings is 9. The molecule has 2 heteroatoms. The third-order valence-electron chi connectivity index (χ3n) is 11.0. The van der Waals surface area contributed by atoms with Gasteiger partial charge in [0.1, 0.15) is 11.5 Å². The second-order valence-corrected chi connectivity index (χ2v) is 15.0. The zero-order valence-corrected chi connectivity index (χ0v) is 29.9. The SMILES string of the molecule is Cc1ccc(-c2c3ccccc3c(-c3ccc4c(c3)sc3c(-c5c6ccccc6c(-c6ccccc6)c6ccccc56)cccc34)c3ccccc23)o1. The lowest BCUT2D eigenvalue weighted by Crippen LogP contribution is -1.90. The highest BCUT2D eigenvalue weighted by atomic mass is 32.1. The van der Waals surface area contributed by atoms with E-state index in [0.29, 0.717) is 0 Å². The van der Waals surface area contributed by atoms with Gasteiger partial charge in [-0.2, -0.15) is 0 Å². The number of aryl methyl sites for hydroxylation is 1. The minimum atomic E-state index is 0.908.